The number of halogens is 6. The fourth-order valence-corrected chi connectivity index (χ4v) is 24.3. The summed E-state index contributed by atoms with van der Waals surface area (Å²) >= 11 is 0. The molecule has 0 aromatic heterocycles. The topological polar surface area (TPSA) is 9.72 Å². The molecule has 0 saturated heterocycles. The Kier molecular flexibility index (Phi) is 20.3. The van der Waals surface area contributed by atoms with E-state index in [0.717, 1.165) is 83.5 Å². The van der Waals surface area contributed by atoms with E-state index in [9.17, 15) is 0 Å². The van der Waals surface area contributed by atoms with Crippen LogP contribution in [0.3, 0.4) is 0 Å². The number of hydrogen-bond acceptors (Lipinski definition) is 3. The van der Waals surface area contributed by atoms with Gasteiger partial charge in [-0.2, -0.15) is 0 Å². The van der Waals surface area contributed by atoms with Gasteiger partial charge >= 0.3 is 0 Å². The van der Waals surface area contributed by atoms with E-state index in [0.29, 0.717) is 33.4 Å². The van der Waals surface area contributed by atoms with E-state index in [4.69, 9.17) is 16.4 Å². The van der Waals surface area contributed by atoms with Crippen molar-refractivity contribution >= 4 is 34.1 Å². The minimum absolute atomic E-state index is 0.00111. The molecule has 0 aliphatic heterocycles. The molecule has 0 fully saturated rings. The van der Waals surface area contributed by atoms with Crippen LogP contribution in [0.5, 0.6) is 0 Å². The zero-order valence-electron chi connectivity index (χ0n) is 95.9. The van der Waals surface area contributed by atoms with Gasteiger partial charge in [-0.25, -0.2) is 26.3 Å². The average Bonchev–Trinajstić information content (AvgIpc) is 1.50. The van der Waals surface area contributed by atoms with Gasteiger partial charge in [0.05, 0.1) is 66.8 Å². The Morgan fingerprint density at radius 3 is 0.680 bits per heavy atom. The van der Waals surface area contributed by atoms with Gasteiger partial charge in [0.1, 0.15) is 17.5 Å². The minimum Gasteiger partial charge on any atom is -0.331 e. The van der Waals surface area contributed by atoms with Crippen molar-refractivity contribution in [2.75, 3.05) is 14.7 Å². The molecule has 21 aromatic carbocycles. The summed E-state index contributed by atoms with van der Waals surface area (Å²) in [6.07, 6.45) is 0. The van der Waals surface area contributed by atoms with Crippen LogP contribution >= 0.6 is 0 Å². The van der Waals surface area contributed by atoms with Crippen molar-refractivity contribution in [2.45, 2.75) is 95.2 Å². The predicted molar refractivity (Wildman–Crippen MR) is 607 cm³/mol. The molecule has 26 rings (SSSR count). The van der Waals surface area contributed by atoms with Crippen LogP contribution < -0.4 is 14.7 Å². The third-order valence-electron chi connectivity index (χ3n) is 30.1. The molecule has 0 unspecified atom stereocenters. The Hall–Kier alpha value is -17.4. The van der Waals surface area contributed by atoms with Crippen LogP contribution in [0, 0.1) is 34.9 Å². The molecule has 150 heavy (non-hydrogen) atoms. The lowest BCUT2D eigenvalue weighted by molar-refractivity contribution is 0.527. The maximum absolute atomic E-state index is 17.3. The number of fused-ring (bicyclic) bond motifs is 23. The van der Waals surface area contributed by atoms with Gasteiger partial charge in [-0.3, -0.25) is 0 Å². The number of benzene rings is 21. The molecule has 9 heteroatoms. The lowest BCUT2D eigenvalue weighted by Gasteiger charge is -2.38. The fraction of sp³-hybridized carbons (Fsp3) is 0.106. The third kappa shape index (κ3) is 15.4. The third-order valence-corrected chi connectivity index (χ3v) is 30.1. The van der Waals surface area contributed by atoms with Crippen molar-refractivity contribution in [3.63, 3.8) is 0 Å². The highest BCUT2D eigenvalue weighted by atomic mass is 19.1. The molecule has 0 N–H and O–H groups in total. The van der Waals surface area contributed by atoms with E-state index in [1.54, 1.807) is 80.5 Å². The molecule has 0 atom stereocenters. The second-order valence-electron chi connectivity index (χ2n) is 41.8. The highest BCUT2D eigenvalue weighted by Gasteiger charge is 2.55. The molecule has 0 radical (unpaired) electrons. The Morgan fingerprint density at radius 2 is 0.387 bits per heavy atom. The molecule has 2 spiro atoms. The Labute approximate surface area is 890 Å². The van der Waals surface area contributed by atoms with Crippen molar-refractivity contribution in [2.24, 2.45) is 0 Å². The first-order valence-electron chi connectivity index (χ1n) is 56.4. The number of nitrogens with zero attached hydrogens (tertiary/aromatic N) is 3. The Balaban J connectivity index is 0.000000127. The van der Waals surface area contributed by atoms with Crippen LogP contribution in [0.2, 0.25) is 0 Å². The summed E-state index contributed by atoms with van der Waals surface area (Å²) in [7, 11) is 0. The first-order valence-corrected chi connectivity index (χ1v) is 50.4. The molecular formula is C141H107F6N3. The summed E-state index contributed by atoms with van der Waals surface area (Å²) in [4.78, 5) is 4.11. The smallest absolute Gasteiger partial charge is 0.154 e. The highest BCUT2D eigenvalue weighted by molar-refractivity contribution is 6.00. The maximum atomic E-state index is 17.3. The van der Waals surface area contributed by atoms with Gasteiger partial charge in [0, 0.05) is 33.3 Å². The molecule has 3 nitrogen and oxygen atoms in total. The van der Waals surface area contributed by atoms with Gasteiger partial charge < -0.3 is 14.7 Å². The molecular weight excluding hydrogens is 1850 g/mol. The summed E-state index contributed by atoms with van der Waals surface area (Å²) in [6, 6.07) is 130. The van der Waals surface area contributed by atoms with Crippen LogP contribution in [0.1, 0.15) is 146 Å². The number of anilines is 6. The van der Waals surface area contributed by atoms with Crippen LogP contribution in [0.4, 0.5) is 60.5 Å². The Morgan fingerprint density at radius 1 is 0.173 bits per heavy atom. The van der Waals surface area contributed by atoms with Crippen molar-refractivity contribution < 1.29 is 42.8 Å². The molecule has 5 aliphatic rings. The van der Waals surface area contributed by atoms with E-state index in [2.05, 4.69) is 261 Å². The maximum Gasteiger partial charge on any atom is 0.154 e. The molecule has 21 aromatic rings. The standard InChI is InChI=1S/2C47H35F2N.C47H37F2N/c1-46(2,3)50(43-24-14-13-23-42(43)48)44-29-32(27-37(45(44)49)30-15-5-4-6-16-30)31-25-26-36-35-19-9-12-22-40(35)47(41(36)28-31)38-20-10-7-17-33(38)34-18-8-11-21-39(34)47;1-46(2,3)50(43-24-14-13-23-42(43)48)44-29-32(28-36(45(44)49)30-15-5-4-6-16-30)31-25-26-41-37(27-31)35-19-9-12-22-40(35)47(41)38-20-10-7-17-33(38)34-18-8-11-21-39(34)47;1-46(2,3)50(43-26-16-15-25-42(43)48)44-31-34(29-39(45(44)49)32-17-7-4-8-18-32)33-27-28-38-37-23-13-14-24-40(37)47(41(38)30-33,35-19-9-5-10-20-35)36-21-11-6-12-22-36/h2*4-29H,1-3H3;4-31H,1-3H3/i2*13D,14D,23D,24D;15D,16D,25D,26D. The zero-order valence-corrected chi connectivity index (χ0v) is 83.9. The van der Waals surface area contributed by atoms with Crippen molar-refractivity contribution in [3.05, 3.63) is 587 Å². The van der Waals surface area contributed by atoms with Crippen molar-refractivity contribution in [3.8, 4) is 122 Å². The largest absolute Gasteiger partial charge is 0.331 e. The molecule has 0 heterocycles. The molecule has 728 valence electrons. The monoisotopic (exact) mass is 1970 g/mol. The SMILES string of the molecule is [2H]c1c([2H])c([2H])c(N(c2cc(-c3ccc4c(c3)-c3ccccc3C43c4ccccc4-c4ccccc43)cc(-c3ccccc3)c2F)C(C)(C)C)c(F)c1[2H].[2H]c1c([2H])c([2H])c(N(c2cc(-c3ccc4c(c3)C(c3ccccc3)(c3ccccc3)c3ccccc3-4)cc(-c3ccccc3)c2F)C(C)(C)C)c(F)c1[2H].[2H]c1c([2H])c([2H])c(N(c2cc(-c3ccc4c(c3)C3(c5ccccc5-c5ccccc53)c3ccccc3-4)cc(-c3ccccc3)c2F)C(C)(C)C)c(F)c1[2H]. The predicted octanol–water partition coefficient (Wildman–Crippen LogP) is 37.8. The minimum atomic E-state index is -1.15. The highest BCUT2D eigenvalue weighted by Crippen LogP contribution is 2.67. The van der Waals surface area contributed by atoms with E-state index >= 15 is 26.3 Å². The number of para-hydroxylation sites is 3. The molecule has 5 aliphatic carbocycles. The fourth-order valence-electron chi connectivity index (χ4n) is 24.3. The normalized spacial score (nSPS) is 14.4. The van der Waals surface area contributed by atoms with Crippen molar-refractivity contribution in [1.82, 2.24) is 0 Å². The average molecular weight is 1970 g/mol. The van der Waals surface area contributed by atoms with Crippen LogP contribution in [0.25, 0.3) is 122 Å². The number of hydrogen-bond donors (Lipinski definition) is 0. The first kappa shape index (κ1) is 81.8. The van der Waals surface area contributed by atoms with E-state index in [-0.39, 0.29) is 33.8 Å². The van der Waals surface area contributed by atoms with Gasteiger partial charge in [0.25, 0.3) is 0 Å². The van der Waals surface area contributed by atoms with E-state index in [1.165, 1.54) is 70.3 Å². The van der Waals surface area contributed by atoms with Gasteiger partial charge in [-0.15, -0.1) is 0 Å². The van der Waals surface area contributed by atoms with E-state index < -0.39 is 157 Å². The quantitative estimate of drug-likeness (QED) is 0.100. The lowest BCUT2D eigenvalue weighted by Crippen LogP contribution is -2.38. The zero-order chi connectivity index (χ0) is 113. The number of rotatable bonds is 14. The van der Waals surface area contributed by atoms with Gasteiger partial charge in [-0.1, -0.05) is 394 Å². The van der Waals surface area contributed by atoms with Crippen LogP contribution in [-0.2, 0) is 16.2 Å². The van der Waals surface area contributed by atoms with Crippen LogP contribution in [0.15, 0.2) is 485 Å². The molecule has 0 amide bonds. The van der Waals surface area contributed by atoms with E-state index in [1.807, 2.05) is 133 Å². The summed E-state index contributed by atoms with van der Waals surface area (Å²) < 4.78 is 201. The van der Waals surface area contributed by atoms with Crippen molar-refractivity contribution in [1.29, 1.82) is 0 Å². The summed E-state index contributed by atoms with van der Waals surface area (Å²) in [5.41, 5.74) is 26.5. The van der Waals surface area contributed by atoms with Gasteiger partial charge in [0.2, 0.25) is 0 Å². The molecule has 0 bridgehead atoms. The van der Waals surface area contributed by atoms with Gasteiger partial charge in [-0.05, 0) is 326 Å². The Bertz CT molecular complexity index is 9140. The first-order chi connectivity index (χ1) is 77.8. The lowest BCUT2D eigenvalue weighted by atomic mass is 9.67. The summed E-state index contributed by atoms with van der Waals surface area (Å²) in [6.45, 7) is 15.9. The van der Waals surface area contributed by atoms with Crippen LogP contribution in [-0.4, -0.2) is 16.6 Å². The second kappa shape index (κ2) is 37.2. The summed E-state index contributed by atoms with van der Waals surface area (Å²) in [5, 5.41) is 0. The summed E-state index contributed by atoms with van der Waals surface area (Å²) in [5.74, 6) is -5.32. The van der Waals surface area contributed by atoms with Gasteiger partial charge in [0.15, 0.2) is 17.5 Å². The molecule has 0 saturated carbocycles. The second-order valence-corrected chi connectivity index (χ2v) is 41.8.